The van der Waals surface area contributed by atoms with Gasteiger partial charge in [0.15, 0.2) is 0 Å². The van der Waals surface area contributed by atoms with Crippen LogP contribution in [0.1, 0.15) is 64.2 Å². The van der Waals surface area contributed by atoms with Gasteiger partial charge >= 0.3 is 12.2 Å². The molecule has 2 saturated carbocycles. The molecule has 0 radical (unpaired) electrons. The molecule has 0 aliphatic heterocycles. The molecule has 22 heavy (non-hydrogen) atoms. The van der Waals surface area contributed by atoms with Gasteiger partial charge in [-0.05, 0) is 25.7 Å². The lowest BCUT2D eigenvalue weighted by Gasteiger charge is -2.19. The standard InChI is InChI=1S/C12H22N2.2CH3NO2/c1-3-7-11(8-4-1)13-14-12-9-5-2-6-10-12;2*2-1(3)4/h11-12H,1-10H2;2*2H2,(H,3,4). The van der Waals surface area contributed by atoms with E-state index in [1.54, 1.807) is 0 Å². The smallest absolute Gasteiger partial charge is 0.402 e. The Bertz CT molecular complexity index is 298. The summed E-state index contributed by atoms with van der Waals surface area (Å²) >= 11 is 0. The SMILES string of the molecule is C1CCC(N=NC2CCCCC2)CC1.NC(=O)O.NC(=O)O. The van der Waals surface area contributed by atoms with E-state index in [9.17, 15) is 0 Å². The molecule has 6 N–H and O–H groups in total. The van der Waals surface area contributed by atoms with Crippen molar-refractivity contribution in [2.75, 3.05) is 0 Å². The molecular weight excluding hydrogens is 288 g/mol. The summed E-state index contributed by atoms with van der Waals surface area (Å²) in [5.41, 5.74) is 8.06. The second kappa shape index (κ2) is 12.8. The third kappa shape index (κ3) is 14.5. The highest BCUT2D eigenvalue weighted by molar-refractivity contribution is 5.61. The van der Waals surface area contributed by atoms with Gasteiger partial charge in [0, 0.05) is 0 Å². The number of nitrogens with two attached hydrogens (primary N) is 2. The Hall–Kier alpha value is -1.86. The van der Waals surface area contributed by atoms with Crippen molar-refractivity contribution in [1.82, 2.24) is 0 Å². The summed E-state index contributed by atoms with van der Waals surface area (Å²) < 4.78 is 0. The molecule has 8 nitrogen and oxygen atoms in total. The minimum atomic E-state index is -1.33. The Balaban J connectivity index is 0.000000464. The largest absolute Gasteiger partial charge is 0.465 e. The van der Waals surface area contributed by atoms with Gasteiger partial charge < -0.3 is 21.7 Å². The zero-order valence-corrected chi connectivity index (χ0v) is 13.0. The minimum Gasteiger partial charge on any atom is -0.465 e. The third-order valence-corrected chi connectivity index (χ3v) is 3.54. The van der Waals surface area contributed by atoms with Crippen molar-refractivity contribution in [2.45, 2.75) is 76.3 Å². The number of rotatable bonds is 2. The summed E-state index contributed by atoms with van der Waals surface area (Å²) in [6.45, 7) is 0. The van der Waals surface area contributed by atoms with Crippen LogP contribution < -0.4 is 11.5 Å². The maximum atomic E-state index is 8.78. The topological polar surface area (TPSA) is 151 Å². The minimum absolute atomic E-state index is 0.575. The van der Waals surface area contributed by atoms with Gasteiger partial charge in [0.05, 0.1) is 12.1 Å². The molecule has 2 fully saturated rings. The van der Waals surface area contributed by atoms with Crippen molar-refractivity contribution in [2.24, 2.45) is 21.7 Å². The molecule has 0 aromatic rings. The normalized spacial score (nSPS) is 19.5. The quantitative estimate of drug-likeness (QED) is 0.577. The van der Waals surface area contributed by atoms with Crippen molar-refractivity contribution >= 4 is 12.2 Å². The van der Waals surface area contributed by atoms with Gasteiger partial charge in [-0.1, -0.05) is 38.5 Å². The van der Waals surface area contributed by atoms with Crippen molar-refractivity contribution < 1.29 is 19.8 Å². The van der Waals surface area contributed by atoms with Crippen LogP contribution >= 0.6 is 0 Å². The van der Waals surface area contributed by atoms with Crippen LogP contribution in [0.2, 0.25) is 0 Å². The summed E-state index contributed by atoms with van der Waals surface area (Å²) in [6.07, 6.45) is 10.8. The van der Waals surface area contributed by atoms with Gasteiger partial charge in [0.25, 0.3) is 0 Å². The van der Waals surface area contributed by atoms with Gasteiger partial charge in [0.2, 0.25) is 0 Å². The predicted molar refractivity (Wildman–Crippen MR) is 83.0 cm³/mol. The van der Waals surface area contributed by atoms with Crippen LogP contribution in [-0.4, -0.2) is 34.5 Å². The highest BCUT2D eigenvalue weighted by atomic mass is 16.4. The molecule has 0 atom stereocenters. The summed E-state index contributed by atoms with van der Waals surface area (Å²) in [4.78, 5) is 17.6. The molecule has 0 unspecified atom stereocenters. The summed E-state index contributed by atoms with van der Waals surface area (Å²) in [7, 11) is 0. The molecule has 0 spiro atoms. The molecule has 8 heteroatoms. The van der Waals surface area contributed by atoms with E-state index in [-0.39, 0.29) is 0 Å². The van der Waals surface area contributed by atoms with E-state index in [1.807, 2.05) is 0 Å². The molecular formula is C14H28N4O4. The second-order valence-electron chi connectivity index (χ2n) is 5.49. The Morgan fingerprint density at radius 3 is 1.14 bits per heavy atom. The van der Waals surface area contributed by atoms with Crippen LogP contribution in [0.4, 0.5) is 9.59 Å². The van der Waals surface area contributed by atoms with Crippen molar-refractivity contribution in [3.63, 3.8) is 0 Å². The number of hydrogen-bond donors (Lipinski definition) is 4. The molecule has 2 aliphatic carbocycles. The molecule has 0 heterocycles. The van der Waals surface area contributed by atoms with Gasteiger partial charge in [-0.3, -0.25) is 0 Å². The summed E-state index contributed by atoms with van der Waals surface area (Å²) in [5, 5.41) is 23.5. The Kier molecular flexibility index (Phi) is 11.8. The van der Waals surface area contributed by atoms with Crippen LogP contribution in [0.3, 0.4) is 0 Å². The second-order valence-corrected chi connectivity index (χ2v) is 5.49. The molecule has 0 bridgehead atoms. The number of carboxylic acid groups (broad SMARTS) is 2. The first kappa shape index (κ1) is 20.1. The summed E-state index contributed by atoms with van der Waals surface area (Å²) in [6, 6.07) is 1.15. The number of primary amides is 2. The van der Waals surface area contributed by atoms with Crippen molar-refractivity contribution in [1.29, 1.82) is 0 Å². The van der Waals surface area contributed by atoms with E-state index in [0.29, 0.717) is 12.1 Å². The fraction of sp³-hybridized carbons (Fsp3) is 0.857. The van der Waals surface area contributed by atoms with Crippen LogP contribution in [0, 0.1) is 0 Å². The Morgan fingerprint density at radius 1 is 0.682 bits per heavy atom. The summed E-state index contributed by atoms with van der Waals surface area (Å²) in [5.74, 6) is 0. The highest BCUT2D eigenvalue weighted by Crippen LogP contribution is 2.24. The van der Waals surface area contributed by atoms with E-state index < -0.39 is 12.2 Å². The maximum Gasteiger partial charge on any atom is 0.402 e. The van der Waals surface area contributed by atoms with Crippen LogP contribution in [0.25, 0.3) is 0 Å². The van der Waals surface area contributed by atoms with E-state index in [4.69, 9.17) is 19.8 Å². The van der Waals surface area contributed by atoms with Crippen molar-refractivity contribution in [3.8, 4) is 0 Å². The predicted octanol–water partition coefficient (Wildman–Crippen LogP) is 3.35. The zero-order chi connectivity index (χ0) is 16.8. The lowest BCUT2D eigenvalue weighted by molar-refractivity contribution is 0.204. The molecule has 2 amide bonds. The first-order valence-corrected chi connectivity index (χ1v) is 7.78. The Morgan fingerprint density at radius 2 is 0.909 bits per heavy atom. The molecule has 2 aliphatic rings. The van der Waals surface area contributed by atoms with E-state index in [0.717, 1.165) is 0 Å². The first-order valence-electron chi connectivity index (χ1n) is 7.78. The molecule has 2 rings (SSSR count). The fourth-order valence-electron chi connectivity index (χ4n) is 2.58. The van der Waals surface area contributed by atoms with Gasteiger partial charge in [0.1, 0.15) is 0 Å². The van der Waals surface area contributed by atoms with Crippen LogP contribution in [0.15, 0.2) is 10.2 Å². The van der Waals surface area contributed by atoms with E-state index >= 15 is 0 Å². The van der Waals surface area contributed by atoms with E-state index in [2.05, 4.69) is 21.7 Å². The number of carbonyl (C=O) groups is 2. The number of nitrogens with zero attached hydrogens (tertiary/aromatic N) is 2. The lowest BCUT2D eigenvalue weighted by atomic mass is 9.95. The van der Waals surface area contributed by atoms with E-state index in [1.165, 1.54) is 64.2 Å². The van der Waals surface area contributed by atoms with Crippen molar-refractivity contribution in [3.05, 3.63) is 0 Å². The van der Waals surface area contributed by atoms with Gasteiger partial charge in [-0.15, -0.1) is 0 Å². The lowest BCUT2D eigenvalue weighted by Crippen LogP contribution is -2.12. The van der Waals surface area contributed by atoms with Gasteiger partial charge in [-0.2, -0.15) is 10.2 Å². The maximum absolute atomic E-state index is 8.78. The monoisotopic (exact) mass is 316 g/mol. The number of amides is 2. The zero-order valence-electron chi connectivity index (χ0n) is 13.0. The highest BCUT2D eigenvalue weighted by Gasteiger charge is 2.15. The number of hydrogen-bond acceptors (Lipinski definition) is 4. The molecule has 0 saturated heterocycles. The third-order valence-electron chi connectivity index (χ3n) is 3.54. The fourth-order valence-corrected chi connectivity index (χ4v) is 2.58. The molecule has 0 aromatic carbocycles. The van der Waals surface area contributed by atoms with Gasteiger partial charge in [-0.25, -0.2) is 9.59 Å². The van der Waals surface area contributed by atoms with Crippen LogP contribution in [-0.2, 0) is 0 Å². The molecule has 128 valence electrons. The molecule has 0 aromatic heterocycles. The Labute approximate surface area is 131 Å². The average Bonchev–Trinajstić information content (AvgIpc) is 2.46. The average molecular weight is 316 g/mol. The first-order chi connectivity index (χ1) is 10.4. The number of azo groups is 1. The van der Waals surface area contributed by atoms with Crippen LogP contribution in [0.5, 0.6) is 0 Å².